The van der Waals surface area contributed by atoms with E-state index in [4.69, 9.17) is 0 Å². The van der Waals surface area contributed by atoms with Gasteiger partial charge in [-0.25, -0.2) is 0 Å². The van der Waals surface area contributed by atoms with Gasteiger partial charge in [-0.1, -0.05) is 13.8 Å². The Morgan fingerprint density at radius 2 is 2.27 bits per heavy atom. The van der Waals surface area contributed by atoms with Gasteiger partial charge in [-0.3, -0.25) is 0 Å². The van der Waals surface area contributed by atoms with Crippen LogP contribution in [-0.4, -0.2) is 11.1 Å². The Kier molecular flexibility index (Phi) is 3.15. The largest absolute Gasteiger partial charge is 0.354 e. The maximum Gasteiger partial charge on any atom is 0.0220 e. The fourth-order valence-corrected chi connectivity index (χ4v) is 1.89. The molecule has 1 fully saturated rings. The van der Waals surface area contributed by atoms with Gasteiger partial charge in [0.25, 0.3) is 0 Å². The number of hydrogen-bond acceptors (Lipinski definition) is 1. The summed E-state index contributed by atoms with van der Waals surface area (Å²) < 4.78 is 2.27. The first-order chi connectivity index (χ1) is 7.22. The summed E-state index contributed by atoms with van der Waals surface area (Å²) in [6.45, 7) is 7.91. The summed E-state index contributed by atoms with van der Waals surface area (Å²) in [5, 5.41) is 3.55. The van der Waals surface area contributed by atoms with Crippen molar-refractivity contribution >= 4 is 0 Å². The van der Waals surface area contributed by atoms with Crippen molar-refractivity contribution in [1.29, 1.82) is 0 Å². The van der Waals surface area contributed by atoms with Crippen LogP contribution in [0.1, 0.15) is 38.7 Å². The fraction of sp³-hybridized carbons (Fsp3) is 0.692. The van der Waals surface area contributed by atoms with E-state index < -0.39 is 0 Å². The fourth-order valence-electron chi connectivity index (χ4n) is 1.89. The van der Waals surface area contributed by atoms with E-state index in [0.29, 0.717) is 5.41 Å². The van der Waals surface area contributed by atoms with Gasteiger partial charge in [0.05, 0.1) is 0 Å². The van der Waals surface area contributed by atoms with Crippen LogP contribution >= 0.6 is 0 Å². The van der Waals surface area contributed by atoms with Gasteiger partial charge in [0.15, 0.2) is 0 Å². The summed E-state index contributed by atoms with van der Waals surface area (Å²) >= 11 is 0. The maximum absolute atomic E-state index is 3.55. The molecule has 0 bridgehead atoms. The molecule has 2 nitrogen and oxygen atoms in total. The standard InChI is InChI=1S/C13H22N2/c1-3-7-15-8-4-12(10-15)9-14-11-13(2)5-6-13/h4,8,10,14H,3,5-7,9,11H2,1-2H3. The molecule has 1 heterocycles. The van der Waals surface area contributed by atoms with Crippen LogP contribution < -0.4 is 5.32 Å². The van der Waals surface area contributed by atoms with E-state index in [-0.39, 0.29) is 0 Å². The Hall–Kier alpha value is -0.760. The zero-order valence-corrected chi connectivity index (χ0v) is 9.92. The molecule has 1 aromatic heterocycles. The Labute approximate surface area is 92.7 Å². The van der Waals surface area contributed by atoms with Crippen molar-refractivity contribution in [2.75, 3.05) is 6.54 Å². The molecule has 0 atom stereocenters. The number of aryl methyl sites for hydroxylation is 1. The number of nitrogens with zero attached hydrogens (tertiary/aromatic N) is 1. The molecule has 0 spiro atoms. The molecular formula is C13H22N2. The van der Waals surface area contributed by atoms with E-state index in [9.17, 15) is 0 Å². The molecule has 2 heteroatoms. The van der Waals surface area contributed by atoms with E-state index >= 15 is 0 Å². The highest BCUT2D eigenvalue weighted by Crippen LogP contribution is 2.44. The minimum atomic E-state index is 0.617. The summed E-state index contributed by atoms with van der Waals surface area (Å²) in [7, 11) is 0. The molecule has 1 aromatic rings. The van der Waals surface area contributed by atoms with Gasteiger partial charge in [0.1, 0.15) is 0 Å². The lowest BCUT2D eigenvalue weighted by Gasteiger charge is -2.08. The van der Waals surface area contributed by atoms with E-state index in [2.05, 4.69) is 42.2 Å². The van der Waals surface area contributed by atoms with Crippen molar-refractivity contribution < 1.29 is 0 Å². The monoisotopic (exact) mass is 206 g/mol. The molecule has 0 aliphatic heterocycles. The third-order valence-corrected chi connectivity index (χ3v) is 3.28. The average molecular weight is 206 g/mol. The van der Waals surface area contributed by atoms with Crippen LogP contribution in [0.15, 0.2) is 18.5 Å². The Morgan fingerprint density at radius 3 is 2.93 bits per heavy atom. The molecule has 1 aliphatic rings. The van der Waals surface area contributed by atoms with Crippen LogP contribution in [0.5, 0.6) is 0 Å². The third kappa shape index (κ3) is 3.10. The molecule has 2 rings (SSSR count). The zero-order chi connectivity index (χ0) is 10.7. The first-order valence-electron chi connectivity index (χ1n) is 6.07. The van der Waals surface area contributed by atoms with Crippen LogP contribution in [0.3, 0.4) is 0 Å². The number of nitrogens with one attached hydrogen (secondary N) is 1. The Morgan fingerprint density at radius 1 is 1.47 bits per heavy atom. The van der Waals surface area contributed by atoms with Crippen LogP contribution in [-0.2, 0) is 13.1 Å². The second kappa shape index (κ2) is 4.40. The van der Waals surface area contributed by atoms with Gasteiger partial charge >= 0.3 is 0 Å². The minimum Gasteiger partial charge on any atom is -0.354 e. The van der Waals surface area contributed by atoms with Crippen LogP contribution in [0.25, 0.3) is 0 Å². The Bertz CT molecular complexity index is 310. The van der Waals surface area contributed by atoms with Gasteiger partial charge in [-0.2, -0.15) is 0 Å². The maximum atomic E-state index is 3.55. The second-order valence-electron chi connectivity index (χ2n) is 5.17. The summed E-state index contributed by atoms with van der Waals surface area (Å²) in [6.07, 6.45) is 8.44. The van der Waals surface area contributed by atoms with E-state index in [1.54, 1.807) is 0 Å². The lowest BCUT2D eigenvalue weighted by atomic mass is 10.1. The van der Waals surface area contributed by atoms with Gasteiger partial charge in [0.2, 0.25) is 0 Å². The van der Waals surface area contributed by atoms with Gasteiger partial charge < -0.3 is 9.88 Å². The molecule has 0 unspecified atom stereocenters. The summed E-state index contributed by atoms with van der Waals surface area (Å²) in [5.74, 6) is 0. The smallest absolute Gasteiger partial charge is 0.0220 e. The molecular weight excluding hydrogens is 184 g/mol. The molecule has 0 saturated heterocycles. The molecule has 1 aliphatic carbocycles. The molecule has 15 heavy (non-hydrogen) atoms. The summed E-state index contributed by atoms with van der Waals surface area (Å²) in [4.78, 5) is 0. The lowest BCUT2D eigenvalue weighted by Crippen LogP contribution is -2.21. The summed E-state index contributed by atoms with van der Waals surface area (Å²) in [5.41, 5.74) is 2.03. The molecule has 0 radical (unpaired) electrons. The highest BCUT2D eigenvalue weighted by atomic mass is 14.9. The SMILES string of the molecule is CCCn1ccc(CNCC2(C)CC2)c1. The minimum absolute atomic E-state index is 0.617. The van der Waals surface area contributed by atoms with Gasteiger partial charge in [-0.15, -0.1) is 0 Å². The normalized spacial score (nSPS) is 18.0. The number of aromatic nitrogens is 1. The zero-order valence-electron chi connectivity index (χ0n) is 9.92. The highest BCUT2D eigenvalue weighted by molar-refractivity contribution is 5.10. The topological polar surface area (TPSA) is 17.0 Å². The predicted molar refractivity (Wildman–Crippen MR) is 63.8 cm³/mol. The van der Waals surface area contributed by atoms with E-state index in [1.165, 1.54) is 31.4 Å². The predicted octanol–water partition coefficient (Wildman–Crippen LogP) is 2.79. The van der Waals surface area contributed by atoms with Crippen molar-refractivity contribution in [3.63, 3.8) is 0 Å². The van der Waals surface area contributed by atoms with Crippen molar-refractivity contribution in [2.24, 2.45) is 5.41 Å². The molecule has 84 valence electrons. The van der Waals surface area contributed by atoms with Crippen molar-refractivity contribution in [3.8, 4) is 0 Å². The molecule has 0 aromatic carbocycles. The number of rotatable bonds is 6. The first kappa shape index (κ1) is 10.7. The molecule has 1 saturated carbocycles. The first-order valence-corrected chi connectivity index (χ1v) is 6.07. The third-order valence-electron chi connectivity index (χ3n) is 3.28. The second-order valence-corrected chi connectivity index (χ2v) is 5.17. The van der Waals surface area contributed by atoms with Gasteiger partial charge in [-0.05, 0) is 36.3 Å². The highest BCUT2D eigenvalue weighted by Gasteiger charge is 2.36. The number of hydrogen-bond donors (Lipinski definition) is 1. The summed E-state index contributed by atoms with van der Waals surface area (Å²) in [6, 6.07) is 2.22. The van der Waals surface area contributed by atoms with Crippen LogP contribution in [0, 0.1) is 5.41 Å². The molecule has 0 amide bonds. The molecule has 1 N–H and O–H groups in total. The van der Waals surface area contributed by atoms with E-state index in [0.717, 1.165) is 13.1 Å². The van der Waals surface area contributed by atoms with E-state index in [1.807, 2.05) is 0 Å². The lowest BCUT2D eigenvalue weighted by molar-refractivity contribution is 0.499. The van der Waals surface area contributed by atoms with Crippen LogP contribution in [0.4, 0.5) is 0 Å². The van der Waals surface area contributed by atoms with Crippen molar-refractivity contribution in [2.45, 2.75) is 46.2 Å². The average Bonchev–Trinajstić information content (AvgIpc) is 2.76. The van der Waals surface area contributed by atoms with Gasteiger partial charge in [0, 0.05) is 32.0 Å². The van der Waals surface area contributed by atoms with Crippen molar-refractivity contribution in [1.82, 2.24) is 9.88 Å². The Balaban J connectivity index is 1.73. The quantitative estimate of drug-likeness (QED) is 0.757. The van der Waals surface area contributed by atoms with Crippen LogP contribution in [0.2, 0.25) is 0 Å². The van der Waals surface area contributed by atoms with Crippen molar-refractivity contribution in [3.05, 3.63) is 24.0 Å².